The molecule has 0 amide bonds. The van der Waals surface area contributed by atoms with Gasteiger partial charge in [0.15, 0.2) is 0 Å². The molecule has 0 aliphatic carbocycles. The van der Waals surface area contributed by atoms with Gasteiger partial charge in [-0.3, -0.25) is 5.84 Å². The molecule has 1 atom stereocenters. The lowest BCUT2D eigenvalue weighted by molar-refractivity contribution is 0.563. The van der Waals surface area contributed by atoms with Gasteiger partial charge in [0.2, 0.25) is 0 Å². The highest BCUT2D eigenvalue weighted by atomic mass is 15.2. The topological polar surface area (TPSA) is 38.0 Å². The predicted octanol–water partition coefficient (Wildman–Crippen LogP) is 2.67. The Morgan fingerprint density at radius 3 is 2.40 bits per heavy atom. The van der Waals surface area contributed by atoms with Crippen LogP contribution in [0.5, 0.6) is 0 Å². The first kappa shape index (κ1) is 12.0. The van der Waals surface area contributed by atoms with Crippen LogP contribution in [0.2, 0.25) is 0 Å². The van der Waals surface area contributed by atoms with Gasteiger partial charge < -0.3 is 0 Å². The van der Waals surface area contributed by atoms with Gasteiger partial charge in [0.1, 0.15) is 0 Å². The largest absolute Gasteiger partial charge is 0.271 e. The van der Waals surface area contributed by atoms with Gasteiger partial charge in [0.05, 0.1) is 6.04 Å². The molecule has 0 saturated carbocycles. The Morgan fingerprint density at radius 2 is 1.93 bits per heavy atom. The van der Waals surface area contributed by atoms with E-state index < -0.39 is 0 Å². The van der Waals surface area contributed by atoms with E-state index in [1.165, 1.54) is 11.1 Å². The Morgan fingerprint density at radius 1 is 1.33 bits per heavy atom. The van der Waals surface area contributed by atoms with Crippen LogP contribution in [-0.2, 0) is 5.41 Å². The zero-order valence-corrected chi connectivity index (χ0v) is 9.75. The smallest absolute Gasteiger partial charge is 0.0641 e. The molecule has 0 fully saturated rings. The van der Waals surface area contributed by atoms with Crippen molar-refractivity contribution in [2.45, 2.75) is 32.2 Å². The maximum absolute atomic E-state index is 5.51. The van der Waals surface area contributed by atoms with Crippen LogP contribution >= 0.6 is 0 Å². The summed E-state index contributed by atoms with van der Waals surface area (Å²) in [6.07, 6.45) is 1.82. The van der Waals surface area contributed by atoms with Crippen molar-refractivity contribution in [3.05, 3.63) is 48.0 Å². The number of hydrazine groups is 1. The highest BCUT2D eigenvalue weighted by molar-refractivity contribution is 5.36. The third-order valence-corrected chi connectivity index (χ3v) is 2.52. The van der Waals surface area contributed by atoms with Crippen molar-refractivity contribution in [3.8, 4) is 0 Å². The second-order valence-electron chi connectivity index (χ2n) is 4.72. The fraction of sp³-hybridized carbons (Fsp3) is 0.385. The fourth-order valence-corrected chi connectivity index (χ4v) is 1.74. The van der Waals surface area contributed by atoms with Gasteiger partial charge in [-0.15, -0.1) is 6.58 Å². The summed E-state index contributed by atoms with van der Waals surface area (Å²) >= 11 is 0. The van der Waals surface area contributed by atoms with Gasteiger partial charge in [-0.05, 0) is 16.5 Å². The van der Waals surface area contributed by atoms with Crippen molar-refractivity contribution in [3.63, 3.8) is 0 Å². The standard InChI is InChI=1S/C13H20N2/c1-5-12(15-14)10-8-6-7-9-11(10)13(2,3)4/h5-9,12,15H,1,14H2,2-4H3. The van der Waals surface area contributed by atoms with E-state index in [1.54, 1.807) is 0 Å². The third kappa shape index (κ3) is 2.67. The Bertz CT molecular complexity index is 337. The number of hydrogen-bond acceptors (Lipinski definition) is 2. The Balaban J connectivity index is 3.22. The molecular formula is C13H20N2. The summed E-state index contributed by atoms with van der Waals surface area (Å²) in [5.41, 5.74) is 5.38. The molecule has 1 rings (SSSR count). The van der Waals surface area contributed by atoms with Crippen LogP contribution in [0.1, 0.15) is 37.9 Å². The SMILES string of the molecule is C=CC(NN)c1ccccc1C(C)(C)C. The molecule has 0 aliphatic rings. The number of hydrogen-bond donors (Lipinski definition) is 2. The van der Waals surface area contributed by atoms with Crippen molar-refractivity contribution in [1.29, 1.82) is 0 Å². The highest BCUT2D eigenvalue weighted by Crippen LogP contribution is 2.29. The van der Waals surface area contributed by atoms with E-state index in [1.807, 2.05) is 12.1 Å². The summed E-state index contributed by atoms with van der Waals surface area (Å²) in [7, 11) is 0. The van der Waals surface area contributed by atoms with Crippen molar-refractivity contribution in [1.82, 2.24) is 5.43 Å². The third-order valence-electron chi connectivity index (χ3n) is 2.52. The molecule has 1 unspecified atom stereocenters. The van der Waals surface area contributed by atoms with Gasteiger partial charge in [-0.25, -0.2) is 5.43 Å². The Kier molecular flexibility index (Phi) is 3.66. The van der Waals surface area contributed by atoms with E-state index in [9.17, 15) is 0 Å². The first-order valence-electron chi connectivity index (χ1n) is 5.18. The molecule has 0 saturated heterocycles. The summed E-state index contributed by atoms with van der Waals surface area (Å²) in [4.78, 5) is 0. The zero-order chi connectivity index (χ0) is 11.5. The average molecular weight is 204 g/mol. The van der Waals surface area contributed by atoms with Crippen LogP contribution in [0, 0.1) is 0 Å². The molecule has 0 aromatic heterocycles. The normalized spacial score (nSPS) is 13.6. The summed E-state index contributed by atoms with van der Waals surface area (Å²) in [5, 5.41) is 0. The van der Waals surface area contributed by atoms with Gasteiger partial charge in [0, 0.05) is 0 Å². The molecule has 15 heavy (non-hydrogen) atoms. The summed E-state index contributed by atoms with van der Waals surface area (Å²) in [6, 6.07) is 8.33. The highest BCUT2D eigenvalue weighted by Gasteiger charge is 2.20. The molecule has 0 heterocycles. The van der Waals surface area contributed by atoms with Gasteiger partial charge in [0.25, 0.3) is 0 Å². The number of rotatable bonds is 3. The second-order valence-corrected chi connectivity index (χ2v) is 4.72. The van der Waals surface area contributed by atoms with Crippen LogP contribution in [0.4, 0.5) is 0 Å². The molecule has 0 aliphatic heterocycles. The molecule has 2 nitrogen and oxygen atoms in total. The number of benzene rings is 1. The first-order valence-corrected chi connectivity index (χ1v) is 5.18. The van der Waals surface area contributed by atoms with E-state index in [2.05, 4.69) is 51.0 Å². The minimum atomic E-state index is 0.0143. The molecule has 0 radical (unpaired) electrons. The fourth-order valence-electron chi connectivity index (χ4n) is 1.74. The lowest BCUT2D eigenvalue weighted by Crippen LogP contribution is -2.28. The van der Waals surface area contributed by atoms with Crippen molar-refractivity contribution in [2.75, 3.05) is 0 Å². The quantitative estimate of drug-likeness (QED) is 0.451. The first-order chi connectivity index (χ1) is 7.00. The molecule has 0 spiro atoms. The zero-order valence-electron chi connectivity index (χ0n) is 9.75. The van der Waals surface area contributed by atoms with Crippen LogP contribution in [0.25, 0.3) is 0 Å². The van der Waals surface area contributed by atoms with E-state index in [0.717, 1.165) is 0 Å². The molecule has 82 valence electrons. The van der Waals surface area contributed by atoms with Crippen molar-refractivity contribution in [2.24, 2.45) is 5.84 Å². The molecular weight excluding hydrogens is 184 g/mol. The minimum Gasteiger partial charge on any atom is -0.271 e. The molecule has 0 bridgehead atoms. The summed E-state index contributed by atoms with van der Waals surface area (Å²) in [5.74, 6) is 5.51. The van der Waals surface area contributed by atoms with Crippen molar-refractivity contribution < 1.29 is 0 Å². The lowest BCUT2D eigenvalue weighted by Gasteiger charge is -2.25. The van der Waals surface area contributed by atoms with Crippen molar-refractivity contribution >= 4 is 0 Å². The number of nitrogens with two attached hydrogens (primary N) is 1. The van der Waals surface area contributed by atoms with E-state index >= 15 is 0 Å². The predicted molar refractivity (Wildman–Crippen MR) is 65.4 cm³/mol. The second kappa shape index (κ2) is 4.60. The summed E-state index contributed by atoms with van der Waals surface area (Å²) < 4.78 is 0. The molecule has 1 aromatic carbocycles. The average Bonchev–Trinajstić information content (AvgIpc) is 2.19. The molecule has 1 aromatic rings. The van der Waals surface area contributed by atoms with Gasteiger partial charge >= 0.3 is 0 Å². The van der Waals surface area contributed by atoms with E-state index in [4.69, 9.17) is 5.84 Å². The van der Waals surface area contributed by atoms with Crippen LogP contribution in [-0.4, -0.2) is 0 Å². The molecule has 2 heteroatoms. The maximum Gasteiger partial charge on any atom is 0.0641 e. The van der Waals surface area contributed by atoms with Crippen LogP contribution < -0.4 is 11.3 Å². The van der Waals surface area contributed by atoms with Crippen LogP contribution in [0.15, 0.2) is 36.9 Å². The Hall–Kier alpha value is -1.12. The van der Waals surface area contributed by atoms with E-state index in [0.29, 0.717) is 0 Å². The van der Waals surface area contributed by atoms with Crippen LogP contribution in [0.3, 0.4) is 0 Å². The minimum absolute atomic E-state index is 0.0143. The lowest BCUT2D eigenvalue weighted by atomic mass is 9.82. The maximum atomic E-state index is 5.51. The Labute approximate surface area is 92.2 Å². The summed E-state index contributed by atoms with van der Waals surface area (Å²) in [6.45, 7) is 10.4. The van der Waals surface area contributed by atoms with E-state index in [-0.39, 0.29) is 11.5 Å². The van der Waals surface area contributed by atoms with Gasteiger partial charge in [-0.2, -0.15) is 0 Å². The van der Waals surface area contributed by atoms with Gasteiger partial charge in [-0.1, -0.05) is 51.1 Å². The number of nitrogens with one attached hydrogen (secondary N) is 1. The molecule has 3 N–H and O–H groups in total. The monoisotopic (exact) mass is 204 g/mol.